The summed E-state index contributed by atoms with van der Waals surface area (Å²) in [4.78, 5) is 11.1. The summed E-state index contributed by atoms with van der Waals surface area (Å²) in [5.41, 5.74) is 1.98. The summed E-state index contributed by atoms with van der Waals surface area (Å²) in [7, 11) is 0. The van der Waals surface area contributed by atoms with Gasteiger partial charge in [-0.15, -0.1) is 11.6 Å². The Labute approximate surface area is 99.7 Å². The average Bonchev–Trinajstić information content (AvgIpc) is 2.29. The normalized spacial score (nSPS) is 13.9. The topological polar surface area (TPSA) is 38.3 Å². The molecule has 1 aliphatic heterocycles. The van der Waals surface area contributed by atoms with E-state index < -0.39 is 0 Å². The van der Waals surface area contributed by atoms with Crippen LogP contribution in [0.15, 0.2) is 18.2 Å². The number of anilines is 1. The average molecular weight is 240 g/mol. The van der Waals surface area contributed by atoms with E-state index in [0.717, 1.165) is 30.7 Å². The van der Waals surface area contributed by atoms with E-state index in [0.29, 0.717) is 5.88 Å². The van der Waals surface area contributed by atoms with Gasteiger partial charge >= 0.3 is 0 Å². The summed E-state index contributed by atoms with van der Waals surface area (Å²) in [6.45, 7) is 0.110. The van der Waals surface area contributed by atoms with Crippen LogP contribution in [0.3, 0.4) is 0 Å². The number of unbranched alkanes of at least 4 members (excludes halogenated alkanes) is 1. The van der Waals surface area contributed by atoms with Gasteiger partial charge < -0.3 is 10.1 Å². The highest BCUT2D eigenvalue weighted by Crippen LogP contribution is 2.28. The number of aryl methyl sites for hydroxylation is 1. The second-order valence-corrected chi connectivity index (χ2v) is 4.19. The van der Waals surface area contributed by atoms with E-state index in [4.69, 9.17) is 16.3 Å². The van der Waals surface area contributed by atoms with Gasteiger partial charge in [0.2, 0.25) is 0 Å². The number of benzene rings is 1. The first-order valence-electron chi connectivity index (χ1n) is 5.41. The maximum atomic E-state index is 11.1. The lowest BCUT2D eigenvalue weighted by molar-refractivity contribution is -0.118. The molecule has 1 N–H and O–H groups in total. The first kappa shape index (κ1) is 11.3. The maximum absolute atomic E-state index is 11.1. The standard InChI is InChI=1S/C12H14ClNO2/c13-6-2-1-3-9-4-5-11-10(7-9)14-12(15)8-16-11/h4-5,7H,1-3,6,8H2,(H,14,15). The molecule has 3 nitrogen and oxygen atoms in total. The van der Waals surface area contributed by atoms with Crippen LogP contribution in [0.1, 0.15) is 18.4 Å². The summed E-state index contributed by atoms with van der Waals surface area (Å²) >= 11 is 5.63. The number of carbonyl (C=O) groups excluding carboxylic acids is 1. The molecule has 0 saturated carbocycles. The van der Waals surface area contributed by atoms with Gasteiger partial charge in [0.15, 0.2) is 6.61 Å². The Hall–Kier alpha value is -1.22. The summed E-state index contributed by atoms with van der Waals surface area (Å²) in [5.74, 6) is 1.36. The molecule has 1 amide bonds. The molecule has 0 radical (unpaired) electrons. The monoisotopic (exact) mass is 239 g/mol. The van der Waals surface area contributed by atoms with Crippen LogP contribution in [0, 0.1) is 0 Å². The minimum absolute atomic E-state index is 0.0922. The molecule has 1 aliphatic rings. The zero-order valence-corrected chi connectivity index (χ0v) is 9.72. The molecule has 1 aromatic rings. The second kappa shape index (κ2) is 5.21. The largest absolute Gasteiger partial charge is 0.482 e. The molecular formula is C12H14ClNO2. The second-order valence-electron chi connectivity index (χ2n) is 3.81. The van der Waals surface area contributed by atoms with E-state index in [9.17, 15) is 4.79 Å². The number of hydrogen-bond donors (Lipinski definition) is 1. The Morgan fingerprint density at radius 1 is 1.38 bits per heavy atom. The van der Waals surface area contributed by atoms with Crippen molar-refractivity contribution in [2.24, 2.45) is 0 Å². The number of fused-ring (bicyclic) bond motifs is 1. The van der Waals surface area contributed by atoms with E-state index >= 15 is 0 Å². The predicted molar refractivity (Wildman–Crippen MR) is 64.2 cm³/mol. The van der Waals surface area contributed by atoms with E-state index in [1.807, 2.05) is 18.2 Å². The third kappa shape index (κ3) is 2.67. The molecule has 2 rings (SSSR count). The molecule has 0 fully saturated rings. The lowest BCUT2D eigenvalue weighted by Crippen LogP contribution is -2.25. The van der Waals surface area contributed by atoms with Crippen LogP contribution < -0.4 is 10.1 Å². The Morgan fingerprint density at radius 2 is 2.25 bits per heavy atom. The number of hydrogen-bond acceptors (Lipinski definition) is 2. The summed E-state index contributed by atoms with van der Waals surface area (Å²) in [6.07, 6.45) is 3.06. The third-order valence-corrected chi connectivity index (χ3v) is 2.79. The number of ether oxygens (including phenoxy) is 1. The predicted octanol–water partition coefficient (Wildman–Crippen LogP) is 2.58. The third-order valence-electron chi connectivity index (χ3n) is 2.53. The van der Waals surface area contributed by atoms with Crippen molar-refractivity contribution in [2.75, 3.05) is 17.8 Å². The fraction of sp³-hybridized carbons (Fsp3) is 0.417. The fourth-order valence-electron chi connectivity index (χ4n) is 1.71. The molecule has 0 bridgehead atoms. The highest BCUT2D eigenvalue weighted by atomic mass is 35.5. The summed E-state index contributed by atoms with van der Waals surface area (Å²) < 4.78 is 5.28. The van der Waals surface area contributed by atoms with Crippen molar-refractivity contribution in [1.82, 2.24) is 0 Å². The molecule has 86 valence electrons. The van der Waals surface area contributed by atoms with Gasteiger partial charge in [-0.05, 0) is 37.0 Å². The lowest BCUT2D eigenvalue weighted by atomic mass is 10.1. The summed E-state index contributed by atoms with van der Waals surface area (Å²) in [6, 6.07) is 5.91. The van der Waals surface area contributed by atoms with Gasteiger partial charge in [-0.1, -0.05) is 6.07 Å². The first-order valence-corrected chi connectivity index (χ1v) is 5.94. The number of amides is 1. The molecule has 1 aromatic carbocycles. The Morgan fingerprint density at radius 3 is 3.06 bits per heavy atom. The van der Waals surface area contributed by atoms with Crippen LogP contribution in [-0.2, 0) is 11.2 Å². The molecule has 16 heavy (non-hydrogen) atoms. The van der Waals surface area contributed by atoms with Crippen molar-refractivity contribution >= 4 is 23.2 Å². The molecule has 0 unspecified atom stereocenters. The van der Waals surface area contributed by atoms with Crippen LogP contribution in [-0.4, -0.2) is 18.4 Å². The van der Waals surface area contributed by atoms with Crippen LogP contribution >= 0.6 is 11.6 Å². The Bertz CT molecular complexity index is 393. The minimum atomic E-state index is -0.0922. The van der Waals surface area contributed by atoms with E-state index in [1.54, 1.807) is 0 Å². The smallest absolute Gasteiger partial charge is 0.262 e. The number of rotatable bonds is 4. The Balaban J connectivity index is 2.06. The molecular weight excluding hydrogens is 226 g/mol. The van der Waals surface area contributed by atoms with Gasteiger partial charge in [0.1, 0.15) is 5.75 Å². The van der Waals surface area contributed by atoms with Crippen molar-refractivity contribution < 1.29 is 9.53 Å². The van der Waals surface area contributed by atoms with Gasteiger partial charge in [0, 0.05) is 5.88 Å². The quantitative estimate of drug-likeness (QED) is 0.648. The van der Waals surface area contributed by atoms with Gasteiger partial charge in [0.25, 0.3) is 5.91 Å². The van der Waals surface area contributed by atoms with Crippen LogP contribution in [0.25, 0.3) is 0 Å². The van der Waals surface area contributed by atoms with E-state index in [-0.39, 0.29) is 12.5 Å². The van der Waals surface area contributed by atoms with Gasteiger partial charge in [-0.2, -0.15) is 0 Å². The summed E-state index contributed by atoms with van der Waals surface area (Å²) in [5, 5.41) is 2.80. The van der Waals surface area contributed by atoms with Crippen molar-refractivity contribution in [3.05, 3.63) is 23.8 Å². The zero-order chi connectivity index (χ0) is 11.4. The first-order chi connectivity index (χ1) is 7.79. The van der Waals surface area contributed by atoms with Crippen LogP contribution in [0.5, 0.6) is 5.75 Å². The van der Waals surface area contributed by atoms with Crippen LogP contribution in [0.4, 0.5) is 5.69 Å². The van der Waals surface area contributed by atoms with Crippen molar-refractivity contribution in [1.29, 1.82) is 0 Å². The fourth-order valence-corrected chi connectivity index (χ4v) is 1.90. The van der Waals surface area contributed by atoms with E-state index in [1.165, 1.54) is 5.56 Å². The molecule has 0 aromatic heterocycles. The maximum Gasteiger partial charge on any atom is 0.262 e. The van der Waals surface area contributed by atoms with Crippen molar-refractivity contribution in [3.8, 4) is 5.75 Å². The molecule has 4 heteroatoms. The molecule has 0 saturated heterocycles. The zero-order valence-electron chi connectivity index (χ0n) is 8.96. The van der Waals surface area contributed by atoms with Gasteiger partial charge in [-0.3, -0.25) is 4.79 Å². The van der Waals surface area contributed by atoms with Gasteiger partial charge in [0.05, 0.1) is 5.69 Å². The van der Waals surface area contributed by atoms with Crippen LogP contribution in [0.2, 0.25) is 0 Å². The van der Waals surface area contributed by atoms with Crippen molar-refractivity contribution in [3.63, 3.8) is 0 Å². The number of alkyl halides is 1. The lowest BCUT2D eigenvalue weighted by Gasteiger charge is -2.18. The number of carbonyl (C=O) groups is 1. The highest BCUT2D eigenvalue weighted by molar-refractivity contribution is 6.17. The molecule has 0 aliphatic carbocycles. The van der Waals surface area contributed by atoms with Crippen molar-refractivity contribution in [2.45, 2.75) is 19.3 Å². The number of halogens is 1. The minimum Gasteiger partial charge on any atom is -0.482 e. The Kier molecular flexibility index (Phi) is 3.67. The van der Waals surface area contributed by atoms with Gasteiger partial charge in [-0.25, -0.2) is 0 Å². The number of nitrogens with one attached hydrogen (secondary N) is 1. The highest BCUT2D eigenvalue weighted by Gasteiger charge is 2.15. The molecule has 1 heterocycles. The molecule has 0 atom stereocenters. The molecule has 0 spiro atoms. The SMILES string of the molecule is O=C1COc2ccc(CCCCCl)cc2N1. The van der Waals surface area contributed by atoms with E-state index in [2.05, 4.69) is 5.32 Å².